The summed E-state index contributed by atoms with van der Waals surface area (Å²) in [5.74, 6) is 0.753. The molecule has 1 atom stereocenters. The van der Waals surface area contributed by atoms with Gasteiger partial charge in [0.25, 0.3) is 5.91 Å². The fourth-order valence-corrected chi connectivity index (χ4v) is 3.61. The van der Waals surface area contributed by atoms with Crippen LogP contribution in [-0.4, -0.2) is 27.0 Å². The highest BCUT2D eigenvalue weighted by Gasteiger charge is 2.20. The first-order valence-electron chi connectivity index (χ1n) is 10.4. The lowest BCUT2D eigenvalue weighted by Crippen LogP contribution is -2.31. The van der Waals surface area contributed by atoms with E-state index in [0.29, 0.717) is 22.1 Å². The zero-order chi connectivity index (χ0) is 23.2. The van der Waals surface area contributed by atoms with E-state index in [1.54, 1.807) is 36.4 Å². The number of nitrogens with zero attached hydrogens (tertiary/aromatic N) is 2. The van der Waals surface area contributed by atoms with Gasteiger partial charge in [0, 0.05) is 11.3 Å². The van der Waals surface area contributed by atoms with Crippen molar-refractivity contribution in [3.63, 3.8) is 0 Å². The van der Waals surface area contributed by atoms with Gasteiger partial charge in [-0.1, -0.05) is 54.1 Å². The minimum Gasteiger partial charge on any atom is -0.345 e. The van der Waals surface area contributed by atoms with Crippen molar-refractivity contribution in [2.75, 3.05) is 5.32 Å². The van der Waals surface area contributed by atoms with Crippen molar-refractivity contribution in [3.05, 3.63) is 101 Å². The average molecular weight is 460 g/mol. The average Bonchev–Trinajstić information content (AvgIpc) is 3.26. The van der Waals surface area contributed by atoms with Gasteiger partial charge in [0.15, 0.2) is 5.82 Å². The molecule has 1 unspecified atom stereocenters. The molecule has 0 radical (unpaired) electrons. The van der Waals surface area contributed by atoms with Gasteiger partial charge in [0.1, 0.15) is 5.82 Å². The Hall–Kier alpha value is -3.97. The van der Waals surface area contributed by atoms with Crippen LogP contribution in [0.3, 0.4) is 0 Å². The number of anilines is 1. The van der Waals surface area contributed by atoms with Gasteiger partial charge < -0.3 is 10.6 Å². The highest BCUT2D eigenvalue weighted by Crippen LogP contribution is 2.22. The molecule has 0 saturated carbocycles. The van der Waals surface area contributed by atoms with Gasteiger partial charge in [-0.3, -0.25) is 14.7 Å². The van der Waals surface area contributed by atoms with Gasteiger partial charge in [-0.15, -0.1) is 0 Å². The molecule has 0 aliphatic heterocycles. The van der Waals surface area contributed by atoms with E-state index in [9.17, 15) is 9.59 Å². The lowest BCUT2D eigenvalue weighted by molar-refractivity contribution is -0.116. The fraction of sp³-hybridized carbons (Fsp3) is 0.120. The van der Waals surface area contributed by atoms with E-state index in [1.165, 1.54) is 0 Å². The number of H-pyrrole nitrogens is 1. The lowest BCUT2D eigenvalue weighted by Gasteiger charge is -2.19. The molecule has 0 saturated heterocycles. The summed E-state index contributed by atoms with van der Waals surface area (Å²) >= 11 is 6.17. The normalized spacial score (nSPS) is 11.6. The van der Waals surface area contributed by atoms with Crippen LogP contribution in [-0.2, 0) is 4.79 Å². The molecule has 4 aromatic rings. The molecule has 33 heavy (non-hydrogen) atoms. The minimum atomic E-state index is -0.523. The summed E-state index contributed by atoms with van der Waals surface area (Å²) in [6.45, 7) is 1.83. The number of aromatic nitrogens is 3. The Bertz CT molecular complexity index is 1260. The summed E-state index contributed by atoms with van der Waals surface area (Å²) in [5.41, 5.74) is 2.66. The Kier molecular flexibility index (Phi) is 6.80. The van der Waals surface area contributed by atoms with Gasteiger partial charge in [-0.25, -0.2) is 4.98 Å². The molecule has 0 aliphatic carbocycles. The van der Waals surface area contributed by atoms with Crippen LogP contribution < -0.4 is 10.6 Å². The largest absolute Gasteiger partial charge is 0.345 e. The summed E-state index contributed by atoms with van der Waals surface area (Å²) < 4.78 is 0. The molecule has 1 aromatic heterocycles. The molecule has 166 valence electrons. The summed E-state index contributed by atoms with van der Waals surface area (Å²) in [5, 5.41) is 13.1. The van der Waals surface area contributed by atoms with Gasteiger partial charge in [-0.2, -0.15) is 5.10 Å². The molecule has 8 heteroatoms. The van der Waals surface area contributed by atoms with Crippen LogP contribution in [0, 0.1) is 6.92 Å². The maximum Gasteiger partial charge on any atom is 0.253 e. The highest BCUT2D eigenvalue weighted by atomic mass is 35.5. The number of benzene rings is 3. The zero-order valence-corrected chi connectivity index (χ0v) is 18.6. The first kappa shape index (κ1) is 22.2. The third-order valence-corrected chi connectivity index (χ3v) is 5.37. The first-order valence-corrected chi connectivity index (χ1v) is 10.8. The summed E-state index contributed by atoms with van der Waals surface area (Å²) in [6.07, 6.45) is 0.0576. The van der Waals surface area contributed by atoms with Gasteiger partial charge in [0.2, 0.25) is 5.91 Å². The van der Waals surface area contributed by atoms with Crippen molar-refractivity contribution in [1.29, 1.82) is 0 Å². The number of aromatic amines is 1. The van der Waals surface area contributed by atoms with Gasteiger partial charge >= 0.3 is 0 Å². The number of nitrogens with one attached hydrogen (secondary N) is 3. The molecule has 4 rings (SSSR count). The molecule has 0 fully saturated rings. The van der Waals surface area contributed by atoms with E-state index >= 15 is 0 Å². The van der Waals surface area contributed by atoms with Gasteiger partial charge in [-0.05, 0) is 48.9 Å². The van der Waals surface area contributed by atoms with Gasteiger partial charge in [0.05, 0.1) is 23.0 Å². The highest BCUT2D eigenvalue weighted by molar-refractivity contribution is 6.33. The molecule has 0 bridgehead atoms. The van der Waals surface area contributed by atoms with Crippen molar-refractivity contribution >= 4 is 29.1 Å². The fourth-order valence-electron chi connectivity index (χ4n) is 3.39. The molecule has 2 amide bonds. The Labute approximate surface area is 196 Å². The molecule has 0 spiro atoms. The number of hydrogen-bond donors (Lipinski definition) is 3. The summed E-state index contributed by atoms with van der Waals surface area (Å²) in [6, 6.07) is 22.9. The maximum atomic E-state index is 12.8. The quantitative estimate of drug-likeness (QED) is 0.364. The monoisotopic (exact) mass is 459 g/mol. The van der Waals surface area contributed by atoms with Crippen molar-refractivity contribution in [2.24, 2.45) is 0 Å². The third-order valence-electron chi connectivity index (χ3n) is 5.04. The zero-order valence-electron chi connectivity index (χ0n) is 17.9. The molecular weight excluding hydrogens is 438 g/mol. The SMILES string of the molecule is Cc1nc(-c2ccc(NC(=O)CC(NC(=O)c3ccccc3Cl)c3ccccc3)cc2)n[nH]1. The van der Waals surface area contributed by atoms with Crippen molar-refractivity contribution in [1.82, 2.24) is 20.5 Å². The molecule has 3 N–H and O–H groups in total. The van der Waals surface area contributed by atoms with Crippen LogP contribution in [0.5, 0.6) is 0 Å². The second-order valence-electron chi connectivity index (χ2n) is 7.49. The van der Waals surface area contributed by atoms with E-state index in [2.05, 4.69) is 25.8 Å². The minimum absolute atomic E-state index is 0.0576. The van der Waals surface area contributed by atoms with Crippen LogP contribution in [0.25, 0.3) is 11.4 Å². The number of rotatable bonds is 7. The van der Waals surface area contributed by atoms with Crippen molar-refractivity contribution in [2.45, 2.75) is 19.4 Å². The van der Waals surface area contributed by atoms with E-state index in [4.69, 9.17) is 11.6 Å². The number of halogens is 1. The van der Waals surface area contributed by atoms with Crippen LogP contribution in [0.1, 0.15) is 34.2 Å². The number of aryl methyl sites for hydroxylation is 1. The Morgan fingerprint density at radius 3 is 2.33 bits per heavy atom. The molecule has 7 nitrogen and oxygen atoms in total. The molecule has 1 heterocycles. The predicted octanol–water partition coefficient (Wildman–Crippen LogP) is 4.93. The Balaban J connectivity index is 1.46. The van der Waals surface area contributed by atoms with Crippen LogP contribution in [0.4, 0.5) is 5.69 Å². The number of carbonyl (C=O) groups excluding carboxylic acids is 2. The smallest absolute Gasteiger partial charge is 0.253 e. The van der Waals surface area contributed by atoms with E-state index in [-0.39, 0.29) is 18.2 Å². The topological polar surface area (TPSA) is 99.8 Å². The van der Waals surface area contributed by atoms with Crippen molar-refractivity contribution in [3.8, 4) is 11.4 Å². The number of carbonyl (C=O) groups is 2. The molecule has 3 aromatic carbocycles. The number of hydrogen-bond acceptors (Lipinski definition) is 4. The first-order chi connectivity index (χ1) is 16.0. The summed E-state index contributed by atoms with van der Waals surface area (Å²) in [7, 11) is 0. The van der Waals surface area contributed by atoms with E-state index in [1.807, 2.05) is 49.4 Å². The Morgan fingerprint density at radius 1 is 0.970 bits per heavy atom. The van der Waals surface area contributed by atoms with Crippen LogP contribution >= 0.6 is 11.6 Å². The van der Waals surface area contributed by atoms with Crippen LogP contribution in [0.15, 0.2) is 78.9 Å². The number of amides is 2. The second kappa shape index (κ2) is 10.1. The molecule has 0 aliphatic rings. The van der Waals surface area contributed by atoms with Crippen LogP contribution in [0.2, 0.25) is 5.02 Å². The second-order valence-corrected chi connectivity index (χ2v) is 7.90. The van der Waals surface area contributed by atoms with E-state index in [0.717, 1.165) is 17.0 Å². The maximum absolute atomic E-state index is 12.8. The summed E-state index contributed by atoms with van der Waals surface area (Å²) in [4.78, 5) is 29.9. The third kappa shape index (κ3) is 5.64. The lowest BCUT2D eigenvalue weighted by atomic mass is 10.0. The van der Waals surface area contributed by atoms with E-state index < -0.39 is 6.04 Å². The van der Waals surface area contributed by atoms with Crippen molar-refractivity contribution < 1.29 is 9.59 Å². The Morgan fingerprint density at radius 2 is 1.67 bits per heavy atom. The molecular formula is C25H22ClN5O2. The predicted molar refractivity (Wildman–Crippen MR) is 128 cm³/mol. The standard InChI is InChI=1S/C25H22ClN5O2/c1-16-27-24(31-30-16)18-11-13-19(14-12-18)28-23(32)15-22(17-7-3-2-4-8-17)29-25(33)20-9-5-6-10-21(20)26/h2-14,22H,15H2,1H3,(H,28,32)(H,29,33)(H,27,30,31).